The molecule has 0 amide bonds. The number of carbonyl (C=O) groups excluding carboxylic acids is 1. The first-order chi connectivity index (χ1) is 10.1. The van der Waals surface area contributed by atoms with E-state index in [0.717, 1.165) is 4.90 Å². The zero-order valence-corrected chi connectivity index (χ0v) is 13.5. The molecule has 21 heavy (non-hydrogen) atoms. The summed E-state index contributed by atoms with van der Waals surface area (Å²) in [6.07, 6.45) is 1.88. The van der Waals surface area contributed by atoms with Gasteiger partial charge in [0.15, 0.2) is 5.78 Å². The third-order valence-electron chi connectivity index (χ3n) is 3.05. The number of nitrogens with zero attached hydrogens (tertiary/aromatic N) is 1. The Labute approximate surface area is 137 Å². The van der Waals surface area contributed by atoms with Crippen LogP contribution in [0, 0.1) is 11.3 Å². The number of hydrogen-bond donors (Lipinski definition) is 0. The Kier molecular flexibility index (Phi) is 5.30. The Hall–Kier alpha value is -1.47. The van der Waals surface area contributed by atoms with Crippen molar-refractivity contribution in [3.05, 3.63) is 63.6 Å². The molecular weight excluding hydrogens is 325 g/mol. The molecule has 0 aliphatic rings. The van der Waals surface area contributed by atoms with Gasteiger partial charge in [0.2, 0.25) is 0 Å². The van der Waals surface area contributed by atoms with E-state index in [1.54, 1.807) is 30.3 Å². The number of hydrogen-bond acceptors (Lipinski definition) is 3. The Morgan fingerprint density at radius 2 is 1.76 bits per heavy atom. The molecule has 0 radical (unpaired) electrons. The maximum atomic E-state index is 12.7. The monoisotopic (exact) mass is 335 g/mol. The molecule has 0 fully saturated rings. The van der Waals surface area contributed by atoms with Crippen LogP contribution in [0.15, 0.2) is 47.4 Å². The molecule has 0 saturated carbocycles. The van der Waals surface area contributed by atoms with Crippen molar-refractivity contribution >= 4 is 40.7 Å². The fourth-order valence-corrected chi connectivity index (χ4v) is 3.26. The SMILES string of the molecule is CSc1ccccc1C(=O)C(C#N)c1c(Cl)cccc1Cl. The predicted molar refractivity (Wildman–Crippen MR) is 87.4 cm³/mol. The van der Waals surface area contributed by atoms with E-state index in [-0.39, 0.29) is 5.78 Å². The standard InChI is InChI=1S/C16H11Cl2NOS/c1-21-14-8-3-2-5-10(14)16(20)11(9-19)15-12(17)6-4-7-13(15)18/h2-8,11H,1H3. The molecule has 0 spiro atoms. The predicted octanol–water partition coefficient (Wildman–Crippen LogP) is 5.21. The lowest BCUT2D eigenvalue weighted by atomic mass is 9.91. The van der Waals surface area contributed by atoms with Crippen LogP contribution in [0.3, 0.4) is 0 Å². The van der Waals surface area contributed by atoms with E-state index < -0.39 is 5.92 Å². The van der Waals surface area contributed by atoms with Gasteiger partial charge in [-0.25, -0.2) is 0 Å². The zero-order chi connectivity index (χ0) is 15.4. The van der Waals surface area contributed by atoms with Crippen molar-refractivity contribution in [1.82, 2.24) is 0 Å². The molecule has 1 atom stereocenters. The molecule has 0 aromatic heterocycles. The van der Waals surface area contributed by atoms with Crippen molar-refractivity contribution in [3.8, 4) is 6.07 Å². The quantitative estimate of drug-likeness (QED) is 0.569. The summed E-state index contributed by atoms with van der Waals surface area (Å²) in [4.78, 5) is 13.5. The lowest BCUT2D eigenvalue weighted by molar-refractivity contribution is 0.0976. The number of nitriles is 1. The van der Waals surface area contributed by atoms with Crippen molar-refractivity contribution in [2.24, 2.45) is 0 Å². The molecule has 2 aromatic rings. The van der Waals surface area contributed by atoms with E-state index in [0.29, 0.717) is 21.2 Å². The van der Waals surface area contributed by atoms with E-state index in [1.165, 1.54) is 11.8 Å². The summed E-state index contributed by atoms with van der Waals surface area (Å²) in [5.41, 5.74) is 0.872. The number of thioether (sulfide) groups is 1. The highest BCUT2D eigenvalue weighted by molar-refractivity contribution is 7.98. The molecule has 5 heteroatoms. The fourth-order valence-electron chi connectivity index (χ4n) is 2.04. The molecule has 2 aromatic carbocycles. The average molecular weight is 336 g/mol. The van der Waals surface area contributed by atoms with Crippen LogP contribution in [0.5, 0.6) is 0 Å². The lowest BCUT2D eigenvalue weighted by Crippen LogP contribution is -2.13. The third-order valence-corrected chi connectivity index (χ3v) is 4.51. The summed E-state index contributed by atoms with van der Waals surface area (Å²) in [6, 6.07) is 14.1. The minimum absolute atomic E-state index is 0.294. The van der Waals surface area contributed by atoms with Gasteiger partial charge in [0.05, 0.1) is 6.07 Å². The summed E-state index contributed by atoms with van der Waals surface area (Å²) in [7, 11) is 0. The fraction of sp³-hybridized carbons (Fsp3) is 0.125. The van der Waals surface area contributed by atoms with Crippen molar-refractivity contribution in [1.29, 1.82) is 5.26 Å². The number of ketones is 1. The van der Waals surface area contributed by atoms with Gasteiger partial charge in [0.25, 0.3) is 0 Å². The second-order valence-electron chi connectivity index (χ2n) is 4.26. The van der Waals surface area contributed by atoms with Gasteiger partial charge in [-0.05, 0) is 24.5 Å². The molecule has 2 rings (SSSR count). The van der Waals surface area contributed by atoms with Crippen molar-refractivity contribution < 1.29 is 4.79 Å². The highest BCUT2D eigenvalue weighted by Gasteiger charge is 2.27. The molecule has 2 nitrogen and oxygen atoms in total. The van der Waals surface area contributed by atoms with Crippen LogP contribution in [0.1, 0.15) is 21.8 Å². The first-order valence-corrected chi connectivity index (χ1v) is 8.09. The zero-order valence-electron chi connectivity index (χ0n) is 11.1. The van der Waals surface area contributed by atoms with E-state index in [4.69, 9.17) is 23.2 Å². The second kappa shape index (κ2) is 7.00. The molecule has 0 aliphatic heterocycles. The Morgan fingerprint density at radius 1 is 1.14 bits per heavy atom. The first kappa shape index (κ1) is 15.9. The Bertz CT molecular complexity index is 704. The van der Waals surface area contributed by atoms with E-state index in [1.807, 2.05) is 24.5 Å². The molecule has 0 aliphatic carbocycles. The maximum Gasteiger partial charge on any atom is 0.185 e. The highest BCUT2D eigenvalue weighted by Crippen LogP contribution is 2.34. The third kappa shape index (κ3) is 3.24. The molecule has 0 heterocycles. The van der Waals surface area contributed by atoms with Crippen molar-refractivity contribution in [2.45, 2.75) is 10.8 Å². The molecule has 1 unspecified atom stereocenters. The highest BCUT2D eigenvalue weighted by atomic mass is 35.5. The summed E-state index contributed by atoms with van der Waals surface area (Å²) < 4.78 is 0. The number of Topliss-reactive ketones (excluding diaryl/α,β-unsaturated/α-hetero) is 1. The van der Waals surface area contributed by atoms with Crippen LogP contribution >= 0.6 is 35.0 Å². The van der Waals surface area contributed by atoms with Crippen molar-refractivity contribution in [2.75, 3.05) is 6.26 Å². The number of benzene rings is 2. The van der Waals surface area contributed by atoms with Gasteiger partial charge in [-0.15, -0.1) is 11.8 Å². The molecule has 0 saturated heterocycles. The van der Waals surface area contributed by atoms with Gasteiger partial charge in [0, 0.05) is 26.1 Å². The van der Waals surface area contributed by atoms with Gasteiger partial charge in [0.1, 0.15) is 5.92 Å². The van der Waals surface area contributed by atoms with Crippen LogP contribution in [-0.2, 0) is 0 Å². The smallest absolute Gasteiger partial charge is 0.185 e. The van der Waals surface area contributed by atoms with E-state index in [9.17, 15) is 10.1 Å². The normalized spacial score (nSPS) is 11.7. The van der Waals surface area contributed by atoms with Gasteiger partial charge >= 0.3 is 0 Å². The summed E-state index contributed by atoms with van der Waals surface area (Å²) in [5.74, 6) is -1.31. The number of rotatable bonds is 4. The number of halogens is 2. The first-order valence-electron chi connectivity index (χ1n) is 6.11. The average Bonchev–Trinajstić information content (AvgIpc) is 2.50. The summed E-state index contributed by atoms with van der Waals surface area (Å²) in [6.45, 7) is 0. The van der Waals surface area contributed by atoms with Crippen LogP contribution in [0.2, 0.25) is 10.0 Å². The summed E-state index contributed by atoms with van der Waals surface area (Å²) >= 11 is 13.7. The van der Waals surface area contributed by atoms with Gasteiger partial charge in [-0.2, -0.15) is 5.26 Å². The second-order valence-corrected chi connectivity index (χ2v) is 5.92. The molecule has 0 N–H and O–H groups in total. The lowest BCUT2D eigenvalue weighted by Gasteiger charge is -2.14. The topological polar surface area (TPSA) is 40.9 Å². The maximum absolute atomic E-state index is 12.7. The van der Waals surface area contributed by atoms with Crippen LogP contribution in [0.25, 0.3) is 0 Å². The van der Waals surface area contributed by atoms with Crippen molar-refractivity contribution in [3.63, 3.8) is 0 Å². The van der Waals surface area contributed by atoms with Crippen LogP contribution in [0.4, 0.5) is 0 Å². The Balaban J connectivity index is 2.52. The minimum Gasteiger partial charge on any atom is -0.292 e. The van der Waals surface area contributed by atoms with E-state index in [2.05, 4.69) is 0 Å². The molecule has 106 valence electrons. The molecular formula is C16H11Cl2NOS. The van der Waals surface area contributed by atoms with E-state index >= 15 is 0 Å². The van der Waals surface area contributed by atoms with Gasteiger partial charge in [-0.1, -0.05) is 47.5 Å². The van der Waals surface area contributed by atoms with Crippen LogP contribution in [-0.4, -0.2) is 12.0 Å². The number of carbonyl (C=O) groups is 1. The van der Waals surface area contributed by atoms with Gasteiger partial charge < -0.3 is 0 Å². The van der Waals surface area contributed by atoms with Gasteiger partial charge in [-0.3, -0.25) is 4.79 Å². The largest absolute Gasteiger partial charge is 0.292 e. The Morgan fingerprint density at radius 3 is 2.33 bits per heavy atom. The minimum atomic E-state index is -1.01. The molecule has 0 bridgehead atoms. The summed E-state index contributed by atoms with van der Waals surface area (Å²) in [5, 5.41) is 10.1. The van der Waals surface area contributed by atoms with Crippen LogP contribution < -0.4 is 0 Å².